The van der Waals surface area contributed by atoms with Crippen LogP contribution < -0.4 is 0 Å². The molecule has 0 saturated carbocycles. The Bertz CT molecular complexity index is 1070. The van der Waals surface area contributed by atoms with Gasteiger partial charge in [0, 0.05) is 31.9 Å². The first-order valence-electron chi connectivity index (χ1n) is 9.80. The first-order chi connectivity index (χ1) is 14.8. The summed E-state index contributed by atoms with van der Waals surface area (Å²) >= 11 is 0. The standard InChI is InChI=1S/C21H21N7O2/c1-27-10-8-17(16-7-9-22-14-23-16)24-21(27)28-11-12-29-18(13-28)19-25-20(30-26-19)15-5-3-2-4-6-15/h2-9,14,18H,10-13H2,1H3. The molecular formula is C21H21N7O2. The minimum atomic E-state index is -0.288. The van der Waals surface area contributed by atoms with Gasteiger partial charge in [-0.25, -0.2) is 15.0 Å². The van der Waals surface area contributed by atoms with Crippen molar-refractivity contribution in [2.75, 3.05) is 33.3 Å². The topological polar surface area (TPSA) is 92.8 Å². The van der Waals surface area contributed by atoms with E-state index in [2.05, 4.69) is 36.0 Å². The van der Waals surface area contributed by atoms with Gasteiger partial charge in [-0.3, -0.25) is 0 Å². The fourth-order valence-electron chi connectivity index (χ4n) is 3.51. The van der Waals surface area contributed by atoms with Crippen molar-refractivity contribution in [3.63, 3.8) is 0 Å². The summed E-state index contributed by atoms with van der Waals surface area (Å²) in [6.07, 6.45) is 5.04. The average molecular weight is 403 g/mol. The fourth-order valence-corrected chi connectivity index (χ4v) is 3.51. The number of rotatable bonds is 3. The van der Waals surface area contributed by atoms with Crippen molar-refractivity contribution in [1.29, 1.82) is 0 Å². The number of guanidine groups is 1. The van der Waals surface area contributed by atoms with Crippen LogP contribution in [0.1, 0.15) is 17.6 Å². The molecule has 9 heteroatoms. The fraction of sp³-hybridized carbons (Fsp3) is 0.286. The second kappa shape index (κ2) is 8.03. The average Bonchev–Trinajstić information content (AvgIpc) is 3.31. The number of ether oxygens (including phenoxy) is 1. The zero-order valence-corrected chi connectivity index (χ0v) is 16.5. The van der Waals surface area contributed by atoms with E-state index in [0.717, 1.165) is 36.0 Å². The highest BCUT2D eigenvalue weighted by atomic mass is 16.5. The molecule has 0 aliphatic carbocycles. The van der Waals surface area contributed by atoms with Crippen molar-refractivity contribution in [1.82, 2.24) is 29.9 Å². The Morgan fingerprint density at radius 2 is 2.03 bits per heavy atom. The number of aromatic nitrogens is 4. The van der Waals surface area contributed by atoms with Gasteiger partial charge < -0.3 is 19.1 Å². The van der Waals surface area contributed by atoms with E-state index in [4.69, 9.17) is 14.3 Å². The summed E-state index contributed by atoms with van der Waals surface area (Å²) in [6, 6.07) is 11.6. The molecule has 4 heterocycles. The van der Waals surface area contributed by atoms with Gasteiger partial charge in [0.2, 0.25) is 11.8 Å². The van der Waals surface area contributed by atoms with Crippen LogP contribution in [-0.2, 0) is 4.74 Å². The Kier molecular flexibility index (Phi) is 4.94. The first-order valence-corrected chi connectivity index (χ1v) is 9.80. The molecule has 0 bridgehead atoms. The highest BCUT2D eigenvalue weighted by Gasteiger charge is 2.30. The Hall–Kier alpha value is -3.59. The van der Waals surface area contributed by atoms with E-state index in [9.17, 15) is 0 Å². The zero-order valence-electron chi connectivity index (χ0n) is 16.5. The molecular weight excluding hydrogens is 382 g/mol. The summed E-state index contributed by atoms with van der Waals surface area (Å²) in [5.41, 5.74) is 2.55. The summed E-state index contributed by atoms with van der Waals surface area (Å²) in [5.74, 6) is 1.92. The van der Waals surface area contributed by atoms with E-state index in [1.165, 1.54) is 6.33 Å². The molecule has 3 aromatic rings. The number of hydrogen-bond donors (Lipinski definition) is 0. The molecule has 0 spiro atoms. The minimum Gasteiger partial charge on any atom is -0.366 e. The lowest BCUT2D eigenvalue weighted by Crippen LogP contribution is -2.49. The molecule has 0 amide bonds. The summed E-state index contributed by atoms with van der Waals surface area (Å²) < 4.78 is 11.4. The van der Waals surface area contributed by atoms with Gasteiger partial charge >= 0.3 is 0 Å². The smallest absolute Gasteiger partial charge is 0.258 e. The van der Waals surface area contributed by atoms with E-state index in [1.807, 2.05) is 43.4 Å². The van der Waals surface area contributed by atoms with Crippen LogP contribution in [0.2, 0.25) is 0 Å². The maximum absolute atomic E-state index is 5.95. The van der Waals surface area contributed by atoms with Gasteiger partial charge in [0.25, 0.3) is 5.89 Å². The predicted octanol–water partition coefficient (Wildman–Crippen LogP) is 2.24. The van der Waals surface area contributed by atoms with Gasteiger partial charge in [-0.05, 0) is 24.3 Å². The summed E-state index contributed by atoms with van der Waals surface area (Å²) in [6.45, 7) is 2.63. The van der Waals surface area contributed by atoms with Crippen LogP contribution in [-0.4, -0.2) is 69.2 Å². The van der Waals surface area contributed by atoms with Crippen molar-refractivity contribution in [2.24, 2.45) is 4.99 Å². The number of nitrogens with zero attached hydrogens (tertiary/aromatic N) is 7. The van der Waals surface area contributed by atoms with Gasteiger partial charge in [0.15, 0.2) is 0 Å². The largest absolute Gasteiger partial charge is 0.366 e. The lowest BCUT2D eigenvalue weighted by molar-refractivity contribution is -0.0158. The maximum atomic E-state index is 5.95. The SMILES string of the molecule is CN1CC=C(c2ccncn2)N=C1N1CCOC(c2noc(-c3ccccc3)n2)C1. The molecule has 5 rings (SSSR count). The third-order valence-corrected chi connectivity index (χ3v) is 5.06. The Morgan fingerprint density at radius 3 is 2.87 bits per heavy atom. The second-order valence-corrected chi connectivity index (χ2v) is 7.11. The molecule has 0 N–H and O–H groups in total. The van der Waals surface area contributed by atoms with Gasteiger partial charge in [0.1, 0.15) is 12.4 Å². The highest BCUT2D eigenvalue weighted by molar-refractivity contribution is 5.88. The third-order valence-electron chi connectivity index (χ3n) is 5.06. The molecule has 2 aliphatic heterocycles. The van der Waals surface area contributed by atoms with Crippen LogP contribution >= 0.6 is 0 Å². The van der Waals surface area contributed by atoms with E-state index in [-0.39, 0.29) is 6.10 Å². The highest BCUT2D eigenvalue weighted by Crippen LogP contribution is 2.26. The summed E-state index contributed by atoms with van der Waals surface area (Å²) in [4.78, 5) is 22.0. The minimum absolute atomic E-state index is 0.288. The molecule has 1 fully saturated rings. The van der Waals surface area contributed by atoms with Crippen molar-refractivity contribution in [3.05, 3.63) is 66.5 Å². The lowest BCUT2D eigenvalue weighted by Gasteiger charge is -2.38. The molecule has 2 aliphatic rings. The van der Waals surface area contributed by atoms with Crippen LogP contribution in [0.3, 0.4) is 0 Å². The quantitative estimate of drug-likeness (QED) is 0.657. The molecule has 1 aromatic carbocycles. The van der Waals surface area contributed by atoms with Gasteiger partial charge in [-0.1, -0.05) is 23.4 Å². The predicted molar refractivity (Wildman–Crippen MR) is 110 cm³/mol. The molecule has 1 unspecified atom stereocenters. The van der Waals surface area contributed by atoms with Gasteiger partial charge in [-0.15, -0.1) is 0 Å². The van der Waals surface area contributed by atoms with E-state index in [1.54, 1.807) is 6.20 Å². The van der Waals surface area contributed by atoms with Crippen molar-refractivity contribution < 1.29 is 9.26 Å². The number of likely N-dealkylation sites (N-methyl/N-ethyl adjacent to an activating group) is 1. The maximum Gasteiger partial charge on any atom is 0.258 e. The van der Waals surface area contributed by atoms with Crippen LogP contribution in [0.25, 0.3) is 17.2 Å². The van der Waals surface area contributed by atoms with Crippen LogP contribution in [0, 0.1) is 0 Å². The van der Waals surface area contributed by atoms with Crippen LogP contribution in [0.15, 0.2) is 64.5 Å². The van der Waals surface area contributed by atoms with Crippen molar-refractivity contribution in [3.8, 4) is 11.5 Å². The number of aliphatic imine (C=N–C) groups is 1. The Morgan fingerprint density at radius 1 is 1.13 bits per heavy atom. The Labute approximate surface area is 173 Å². The molecule has 0 radical (unpaired) electrons. The van der Waals surface area contributed by atoms with Gasteiger partial charge in [-0.2, -0.15) is 4.98 Å². The number of hydrogen-bond acceptors (Lipinski definition) is 9. The molecule has 30 heavy (non-hydrogen) atoms. The monoisotopic (exact) mass is 403 g/mol. The molecule has 152 valence electrons. The van der Waals surface area contributed by atoms with Crippen molar-refractivity contribution in [2.45, 2.75) is 6.10 Å². The van der Waals surface area contributed by atoms with Crippen LogP contribution in [0.5, 0.6) is 0 Å². The molecule has 9 nitrogen and oxygen atoms in total. The zero-order chi connectivity index (χ0) is 20.3. The molecule has 1 saturated heterocycles. The summed E-state index contributed by atoms with van der Waals surface area (Å²) in [7, 11) is 2.03. The first kappa shape index (κ1) is 18.4. The van der Waals surface area contributed by atoms with Crippen molar-refractivity contribution >= 4 is 11.7 Å². The molecule has 2 aromatic heterocycles. The third kappa shape index (κ3) is 3.67. The van der Waals surface area contributed by atoms with E-state index >= 15 is 0 Å². The Balaban J connectivity index is 1.36. The number of morpholine rings is 1. The second-order valence-electron chi connectivity index (χ2n) is 7.11. The summed E-state index contributed by atoms with van der Waals surface area (Å²) in [5, 5.41) is 4.16. The molecule has 1 atom stereocenters. The van der Waals surface area contributed by atoms with Gasteiger partial charge in [0.05, 0.1) is 24.5 Å². The van der Waals surface area contributed by atoms with E-state index in [0.29, 0.717) is 24.9 Å². The number of benzene rings is 1. The van der Waals surface area contributed by atoms with E-state index < -0.39 is 0 Å². The normalized spacial score (nSPS) is 19.4. The van der Waals surface area contributed by atoms with Crippen LogP contribution in [0.4, 0.5) is 0 Å². The lowest BCUT2D eigenvalue weighted by atomic mass is 10.2.